The topological polar surface area (TPSA) is 12.0 Å². The van der Waals surface area contributed by atoms with Gasteiger partial charge in [0, 0.05) is 11.1 Å². The summed E-state index contributed by atoms with van der Waals surface area (Å²) in [7, 11) is 4.67. The number of hydrogen-bond acceptors (Lipinski definition) is 1. The van der Waals surface area contributed by atoms with Crippen LogP contribution in [-0.4, -0.2) is 31.7 Å². The molecule has 0 atom stereocenters. The molecule has 0 aromatic carbocycles. The molecule has 1 nitrogen and oxygen atoms in total. The van der Waals surface area contributed by atoms with Crippen molar-refractivity contribution in [3.63, 3.8) is 0 Å². The zero-order valence-electron chi connectivity index (χ0n) is 10.1. The molecule has 1 aliphatic rings. The molecule has 0 unspecified atom stereocenters. The van der Waals surface area contributed by atoms with Crippen LogP contribution >= 0.6 is 21.5 Å². The minimum absolute atomic E-state index is 0. The fourth-order valence-electron chi connectivity index (χ4n) is 2.01. The molecule has 14 heavy (non-hydrogen) atoms. The van der Waals surface area contributed by atoms with Crippen molar-refractivity contribution >= 4 is 42.1 Å². The first-order valence-corrected chi connectivity index (χ1v) is 6.61. The van der Waals surface area contributed by atoms with Gasteiger partial charge in [0.05, 0.1) is 0 Å². The number of piperidine rings is 1. The fourth-order valence-corrected chi connectivity index (χ4v) is 2.01. The zero-order valence-corrected chi connectivity index (χ0v) is 13.1. The van der Waals surface area contributed by atoms with Crippen LogP contribution in [0.3, 0.4) is 0 Å². The Morgan fingerprint density at radius 1 is 1.00 bits per heavy atom. The molecule has 1 N–H and O–H groups in total. The molecule has 75 valence electrons. The number of rotatable bonds is 0. The molecule has 0 spiro atoms. The van der Waals surface area contributed by atoms with Gasteiger partial charge in [-0.15, -0.1) is 12.4 Å². The van der Waals surface area contributed by atoms with Gasteiger partial charge >= 0.3 is 48.5 Å². The summed E-state index contributed by atoms with van der Waals surface area (Å²) in [5.74, 6) is 0. The molecule has 0 aliphatic carbocycles. The average molecular weight is 244 g/mol. The van der Waals surface area contributed by atoms with Crippen LogP contribution in [0.5, 0.6) is 0 Å². The van der Waals surface area contributed by atoms with Gasteiger partial charge in [0.25, 0.3) is 0 Å². The van der Waals surface area contributed by atoms with Crippen molar-refractivity contribution in [1.29, 1.82) is 0 Å². The number of hydrogen-bond donors (Lipinski definition) is 1. The third kappa shape index (κ3) is 9.15. The second kappa shape index (κ2) is 8.99. The van der Waals surface area contributed by atoms with Crippen molar-refractivity contribution in [3.05, 3.63) is 0 Å². The van der Waals surface area contributed by atoms with Gasteiger partial charge in [0.1, 0.15) is 0 Å². The van der Waals surface area contributed by atoms with Gasteiger partial charge in [0.15, 0.2) is 0 Å². The third-order valence-electron chi connectivity index (χ3n) is 2.28. The van der Waals surface area contributed by atoms with Crippen molar-refractivity contribution in [3.8, 4) is 0 Å². The Balaban J connectivity index is -0.000000284. The van der Waals surface area contributed by atoms with Gasteiger partial charge < -0.3 is 5.32 Å². The Kier molecular flexibility index (Phi) is 13.6. The first-order valence-electron chi connectivity index (χ1n) is 4.47. The van der Waals surface area contributed by atoms with Gasteiger partial charge in [-0.2, -0.15) is 0 Å². The Bertz CT molecular complexity index is 129. The molecule has 1 heterocycles. The third-order valence-corrected chi connectivity index (χ3v) is 2.28. The van der Waals surface area contributed by atoms with E-state index in [2.05, 4.69) is 42.1 Å². The standard InChI is InChI=1S/C9H19N.2ClH.Li.Mg/c1-8(2)6-5-7-9(3,4)10-8;;;;/h10H,5-7H2,1-4H3;2*1H;;/q;;;+1;+3/p-1. The molecular formula is C9H20Cl2LiMgN+3. The fraction of sp³-hybridized carbons (Fsp3) is 1.00. The van der Waals surface area contributed by atoms with Crippen molar-refractivity contribution in [2.24, 2.45) is 0 Å². The molecule has 5 heteroatoms. The Morgan fingerprint density at radius 3 is 1.43 bits per heavy atom. The molecule has 7 radical (unpaired) electrons. The summed E-state index contributed by atoms with van der Waals surface area (Å²) in [6, 6.07) is 0. The van der Waals surface area contributed by atoms with Crippen LogP contribution < -0.4 is 24.2 Å². The Morgan fingerprint density at radius 2 is 1.29 bits per heavy atom. The quantitative estimate of drug-likeness (QED) is 0.594. The summed E-state index contributed by atoms with van der Waals surface area (Å²) in [6.07, 6.45) is 4.00. The van der Waals surface area contributed by atoms with Crippen molar-refractivity contribution in [2.75, 3.05) is 0 Å². The average Bonchev–Trinajstić information content (AvgIpc) is 1.86. The van der Waals surface area contributed by atoms with E-state index < -0.39 is 0 Å². The van der Waals surface area contributed by atoms with E-state index in [4.69, 9.17) is 0 Å². The molecule has 0 aromatic rings. The normalized spacial score (nSPS) is 21.9. The predicted molar refractivity (Wildman–Crippen MR) is 64.0 cm³/mol. The van der Waals surface area contributed by atoms with Gasteiger partial charge in [-0.1, -0.05) is 0 Å². The van der Waals surface area contributed by atoms with Crippen LogP contribution in [0.2, 0.25) is 0 Å². The molecule has 1 fully saturated rings. The van der Waals surface area contributed by atoms with Crippen LogP contribution in [0.1, 0.15) is 47.0 Å². The molecule has 0 saturated carbocycles. The van der Waals surface area contributed by atoms with Gasteiger partial charge in [-0.3, -0.25) is 0 Å². The summed E-state index contributed by atoms with van der Waals surface area (Å²) >= 11 is 1.33. The first-order chi connectivity index (χ1) is 5.41. The van der Waals surface area contributed by atoms with Crippen LogP contribution in [0.4, 0.5) is 0 Å². The smallest absolute Gasteiger partial charge is 0.307 e. The zero-order chi connectivity index (χ0) is 9.83. The van der Waals surface area contributed by atoms with Crippen molar-refractivity contribution in [2.45, 2.75) is 58.0 Å². The maximum Gasteiger partial charge on any atom is 1.59 e. The van der Waals surface area contributed by atoms with E-state index in [1.54, 1.807) is 0 Å². The summed E-state index contributed by atoms with van der Waals surface area (Å²) in [5.41, 5.74) is 0.726. The summed E-state index contributed by atoms with van der Waals surface area (Å²) in [6.45, 7) is 9.14. The van der Waals surface area contributed by atoms with E-state index >= 15 is 0 Å². The summed E-state index contributed by atoms with van der Waals surface area (Å²) in [4.78, 5) is 0. The van der Waals surface area contributed by atoms with Gasteiger partial charge in [0.2, 0.25) is 0 Å². The van der Waals surface area contributed by atoms with Crippen molar-refractivity contribution in [1.82, 2.24) is 5.32 Å². The van der Waals surface area contributed by atoms with Crippen LogP contribution in [-0.2, 0) is 0 Å². The second-order valence-corrected chi connectivity index (χ2v) is 4.75. The SMILES string of the molecule is CC1(C)CCCC(C)(C)N1.Cl.[Li+].[Mg+2][Cl]. The van der Waals surface area contributed by atoms with E-state index in [0.717, 1.165) is 0 Å². The van der Waals surface area contributed by atoms with Crippen LogP contribution in [0.25, 0.3) is 0 Å². The maximum atomic E-state index is 4.67. The molecule has 0 aromatic heterocycles. The first kappa shape index (κ1) is 21.2. The number of halogens is 2. The minimum atomic E-state index is 0. The van der Waals surface area contributed by atoms with Crippen LogP contribution in [0, 0.1) is 0 Å². The summed E-state index contributed by atoms with van der Waals surface area (Å²) < 4.78 is 0. The minimum Gasteiger partial charge on any atom is -0.307 e. The van der Waals surface area contributed by atoms with Gasteiger partial charge in [-0.25, -0.2) is 0 Å². The molecule has 1 saturated heterocycles. The predicted octanol–water partition coefficient (Wildman–Crippen LogP) is 0.0516. The van der Waals surface area contributed by atoms with E-state index in [9.17, 15) is 0 Å². The maximum absolute atomic E-state index is 4.67. The van der Waals surface area contributed by atoms with E-state index in [1.165, 1.54) is 39.9 Å². The van der Waals surface area contributed by atoms with E-state index in [0.29, 0.717) is 11.1 Å². The Labute approximate surface area is 123 Å². The molecule has 1 rings (SSSR count). The monoisotopic (exact) mass is 243 g/mol. The Hall–Kier alpha value is 1.90. The van der Waals surface area contributed by atoms with E-state index in [-0.39, 0.29) is 31.3 Å². The second-order valence-electron chi connectivity index (χ2n) is 4.75. The molecular weight excluding hydrogens is 224 g/mol. The van der Waals surface area contributed by atoms with E-state index in [1.807, 2.05) is 0 Å². The number of nitrogens with one attached hydrogen (secondary N) is 1. The van der Waals surface area contributed by atoms with Gasteiger partial charge in [-0.05, 0) is 47.0 Å². The van der Waals surface area contributed by atoms with Crippen LogP contribution in [0.15, 0.2) is 0 Å². The van der Waals surface area contributed by atoms with Crippen molar-refractivity contribution < 1.29 is 18.9 Å². The molecule has 0 bridgehead atoms. The molecule has 0 amide bonds. The summed E-state index contributed by atoms with van der Waals surface area (Å²) in [5, 5.41) is 3.63. The largest absolute Gasteiger partial charge is 1.59 e. The molecule has 1 aliphatic heterocycles.